The third-order valence-electron chi connectivity index (χ3n) is 3.80. The molecule has 0 radical (unpaired) electrons. The Bertz CT molecular complexity index is 797. The van der Waals surface area contributed by atoms with E-state index in [9.17, 15) is 4.79 Å². The van der Waals surface area contributed by atoms with Gasteiger partial charge >= 0.3 is 167 Å². The van der Waals surface area contributed by atoms with Crippen molar-refractivity contribution in [2.24, 2.45) is 0 Å². The van der Waals surface area contributed by atoms with Gasteiger partial charge in [-0.05, 0) is 0 Å². The monoisotopic (exact) mass is 432 g/mol. The van der Waals surface area contributed by atoms with Gasteiger partial charge in [0.25, 0.3) is 0 Å². The van der Waals surface area contributed by atoms with E-state index in [0.29, 0.717) is 26.5 Å². The minimum atomic E-state index is -0.359. The molecule has 0 N–H and O–H groups in total. The molecule has 2 aromatic carbocycles. The van der Waals surface area contributed by atoms with Crippen molar-refractivity contribution in [2.45, 2.75) is 11.7 Å². The van der Waals surface area contributed by atoms with Crippen molar-refractivity contribution >= 4 is 31.5 Å². The molecule has 0 heterocycles. The molecule has 0 bridgehead atoms. The first-order valence-corrected chi connectivity index (χ1v) is 10.6. The molecule has 0 fully saturated rings. The molecular formula is C22H24O4Se. The van der Waals surface area contributed by atoms with E-state index >= 15 is 0 Å². The molecule has 4 nitrogen and oxygen atoms in total. The van der Waals surface area contributed by atoms with Crippen LogP contribution in [0.5, 0.6) is 11.5 Å². The van der Waals surface area contributed by atoms with Crippen molar-refractivity contribution in [3.05, 3.63) is 71.8 Å². The second-order valence-corrected chi connectivity index (χ2v) is 8.05. The molecule has 0 aliphatic rings. The maximum atomic E-state index is 11.5. The summed E-state index contributed by atoms with van der Waals surface area (Å²) in [5, 5.41) is 1.04. The topological polar surface area (TPSA) is 44.8 Å². The SMILES string of the molecule is COC(=O)/C=C/C(=C\c1ccc(OC)c(OC)c1)CC[Se]c1ccccc1. The van der Waals surface area contributed by atoms with Crippen LogP contribution in [0, 0.1) is 0 Å². The molecule has 27 heavy (non-hydrogen) atoms. The van der Waals surface area contributed by atoms with E-state index in [2.05, 4.69) is 30.3 Å². The normalized spacial score (nSPS) is 11.4. The summed E-state index contributed by atoms with van der Waals surface area (Å²) < 4.78 is 16.7. The average Bonchev–Trinajstić information content (AvgIpc) is 2.72. The first-order chi connectivity index (χ1) is 13.2. The summed E-state index contributed by atoms with van der Waals surface area (Å²) >= 11 is 0.386. The Morgan fingerprint density at radius 1 is 0.963 bits per heavy atom. The van der Waals surface area contributed by atoms with Gasteiger partial charge in [-0.1, -0.05) is 0 Å². The van der Waals surface area contributed by atoms with Crippen molar-refractivity contribution in [3.8, 4) is 11.5 Å². The van der Waals surface area contributed by atoms with Gasteiger partial charge < -0.3 is 0 Å². The van der Waals surface area contributed by atoms with Gasteiger partial charge in [0, 0.05) is 0 Å². The maximum absolute atomic E-state index is 11.5. The van der Waals surface area contributed by atoms with Gasteiger partial charge in [-0.15, -0.1) is 0 Å². The first kappa shape index (κ1) is 20.8. The number of esters is 1. The van der Waals surface area contributed by atoms with Crippen LogP contribution in [-0.4, -0.2) is 42.3 Å². The van der Waals surface area contributed by atoms with Crippen LogP contribution in [0.15, 0.2) is 66.3 Å². The molecule has 0 aliphatic carbocycles. The average molecular weight is 431 g/mol. The number of ether oxygens (including phenoxy) is 3. The summed E-state index contributed by atoms with van der Waals surface area (Å²) in [6.45, 7) is 0. The van der Waals surface area contributed by atoms with E-state index in [0.717, 1.165) is 22.9 Å². The quantitative estimate of drug-likeness (QED) is 0.263. The zero-order valence-electron chi connectivity index (χ0n) is 15.8. The summed E-state index contributed by atoms with van der Waals surface area (Å²) in [7, 11) is 4.61. The fourth-order valence-electron chi connectivity index (χ4n) is 2.41. The van der Waals surface area contributed by atoms with Crippen LogP contribution in [0.3, 0.4) is 0 Å². The predicted molar refractivity (Wildman–Crippen MR) is 110 cm³/mol. The number of carbonyl (C=O) groups is 1. The molecule has 0 unspecified atom stereocenters. The van der Waals surface area contributed by atoms with E-state index in [1.54, 1.807) is 14.2 Å². The molecule has 2 rings (SSSR count). The molecule has 0 saturated heterocycles. The molecule has 0 aliphatic heterocycles. The van der Waals surface area contributed by atoms with Crippen molar-refractivity contribution in [2.75, 3.05) is 21.3 Å². The number of carbonyl (C=O) groups excluding carboxylic acids is 1. The molecule has 142 valence electrons. The third-order valence-corrected chi connectivity index (χ3v) is 5.92. The summed E-state index contributed by atoms with van der Waals surface area (Å²) in [6, 6.07) is 16.2. The Morgan fingerprint density at radius 2 is 1.70 bits per heavy atom. The van der Waals surface area contributed by atoms with Crippen molar-refractivity contribution < 1.29 is 19.0 Å². The standard InChI is InChI=1S/C22H24O4Se/c1-24-20-11-9-18(16-21(20)25-2)15-17(10-12-22(23)26-3)13-14-27-19-7-5-4-6-8-19/h4-12,15-16H,13-14H2,1-3H3/b12-10+,17-15+. The summed E-state index contributed by atoms with van der Waals surface area (Å²) in [5.41, 5.74) is 2.05. The zero-order valence-corrected chi connectivity index (χ0v) is 17.5. The van der Waals surface area contributed by atoms with E-state index in [-0.39, 0.29) is 5.97 Å². The van der Waals surface area contributed by atoms with Gasteiger partial charge in [0.1, 0.15) is 0 Å². The van der Waals surface area contributed by atoms with E-state index < -0.39 is 0 Å². The van der Waals surface area contributed by atoms with Gasteiger partial charge in [0.15, 0.2) is 0 Å². The number of rotatable bonds is 9. The van der Waals surface area contributed by atoms with Gasteiger partial charge in [-0.2, -0.15) is 0 Å². The molecule has 0 amide bonds. The molecule has 5 heteroatoms. The number of hydrogen-bond donors (Lipinski definition) is 0. The molecule has 0 saturated carbocycles. The summed E-state index contributed by atoms with van der Waals surface area (Å²) in [4.78, 5) is 11.5. The van der Waals surface area contributed by atoms with Gasteiger partial charge in [-0.25, -0.2) is 0 Å². The van der Waals surface area contributed by atoms with Crippen LogP contribution in [-0.2, 0) is 9.53 Å². The minimum absolute atomic E-state index is 0.359. The second kappa shape index (κ2) is 11.3. The predicted octanol–water partition coefficient (Wildman–Crippen LogP) is 3.65. The van der Waals surface area contributed by atoms with Crippen molar-refractivity contribution in [1.29, 1.82) is 0 Å². The van der Waals surface area contributed by atoms with Gasteiger partial charge in [-0.3, -0.25) is 0 Å². The fraction of sp³-hybridized carbons (Fsp3) is 0.227. The number of allylic oxidation sites excluding steroid dienone is 2. The van der Waals surface area contributed by atoms with Crippen LogP contribution in [0.2, 0.25) is 5.32 Å². The van der Waals surface area contributed by atoms with Crippen LogP contribution in [0.25, 0.3) is 6.08 Å². The Hall–Kier alpha value is -2.49. The van der Waals surface area contributed by atoms with E-state index in [1.165, 1.54) is 17.6 Å². The Labute approximate surface area is 167 Å². The molecular weight excluding hydrogens is 407 g/mol. The summed E-state index contributed by atoms with van der Waals surface area (Å²) in [6.07, 6.45) is 6.21. The Morgan fingerprint density at radius 3 is 2.37 bits per heavy atom. The van der Waals surface area contributed by atoms with E-state index in [4.69, 9.17) is 14.2 Å². The molecule has 0 aromatic heterocycles. The molecule has 0 atom stereocenters. The van der Waals surface area contributed by atoms with Crippen LogP contribution < -0.4 is 13.9 Å². The van der Waals surface area contributed by atoms with Gasteiger partial charge in [0.2, 0.25) is 0 Å². The molecule has 0 spiro atoms. The second-order valence-electron chi connectivity index (χ2n) is 5.60. The van der Waals surface area contributed by atoms with Crippen molar-refractivity contribution in [1.82, 2.24) is 0 Å². The number of hydrogen-bond acceptors (Lipinski definition) is 4. The van der Waals surface area contributed by atoms with Crippen LogP contribution in [0.4, 0.5) is 0 Å². The summed E-state index contributed by atoms with van der Waals surface area (Å²) in [5.74, 6) is 1.01. The Kier molecular flexibility index (Phi) is 8.69. The van der Waals surface area contributed by atoms with Crippen LogP contribution in [0.1, 0.15) is 12.0 Å². The first-order valence-electron chi connectivity index (χ1n) is 8.52. The number of benzene rings is 2. The Balaban J connectivity index is 2.16. The van der Waals surface area contributed by atoms with Gasteiger partial charge in [0.05, 0.1) is 0 Å². The van der Waals surface area contributed by atoms with E-state index in [1.807, 2.05) is 30.3 Å². The zero-order chi connectivity index (χ0) is 19.5. The number of methoxy groups -OCH3 is 3. The van der Waals surface area contributed by atoms with Crippen LogP contribution >= 0.6 is 0 Å². The fourth-order valence-corrected chi connectivity index (χ4v) is 4.34. The molecule has 2 aromatic rings. The third kappa shape index (κ3) is 6.97. The van der Waals surface area contributed by atoms with Crippen molar-refractivity contribution in [3.63, 3.8) is 0 Å².